The number of nitrogens with zero attached hydrogens (tertiary/aromatic N) is 1. The van der Waals surface area contributed by atoms with Gasteiger partial charge in [-0.05, 0) is 6.92 Å². The Labute approximate surface area is 85.1 Å². The van der Waals surface area contributed by atoms with Crippen molar-refractivity contribution in [3.63, 3.8) is 0 Å². The minimum Gasteiger partial charge on any atom is -0.388 e. The van der Waals surface area contributed by atoms with E-state index in [1.807, 2.05) is 6.92 Å². The number of aromatic nitrogens is 2. The van der Waals surface area contributed by atoms with Crippen LogP contribution in [0, 0.1) is 0 Å². The van der Waals surface area contributed by atoms with E-state index in [0.29, 0.717) is 6.42 Å². The van der Waals surface area contributed by atoms with Gasteiger partial charge in [-0.15, -0.1) is 0 Å². The second-order valence-corrected chi connectivity index (χ2v) is 3.66. The molecule has 0 aromatic carbocycles. The van der Waals surface area contributed by atoms with Crippen LogP contribution in [0.15, 0.2) is 21.9 Å². The van der Waals surface area contributed by atoms with E-state index >= 15 is 0 Å². The van der Waals surface area contributed by atoms with Crippen molar-refractivity contribution in [3.05, 3.63) is 33.1 Å². The van der Waals surface area contributed by atoms with E-state index in [0.717, 1.165) is 0 Å². The molecule has 0 unspecified atom stereocenters. The number of aliphatic hydroxyl groups is 1. The highest BCUT2D eigenvalue weighted by molar-refractivity contribution is 4.88. The van der Waals surface area contributed by atoms with Crippen LogP contribution >= 0.6 is 0 Å². The first-order valence-electron chi connectivity index (χ1n) is 4.73. The molecule has 82 valence electrons. The molecule has 1 aliphatic rings. The molecule has 3 atom stereocenters. The number of rotatable bonds is 1. The molecule has 15 heavy (non-hydrogen) atoms. The fourth-order valence-electron chi connectivity index (χ4n) is 1.72. The molecule has 6 nitrogen and oxygen atoms in total. The molecular weight excluding hydrogens is 200 g/mol. The van der Waals surface area contributed by atoms with Gasteiger partial charge in [0.15, 0.2) is 6.23 Å². The minimum atomic E-state index is -0.719. The summed E-state index contributed by atoms with van der Waals surface area (Å²) in [5, 5.41) is 9.63. The Kier molecular flexibility index (Phi) is 2.45. The van der Waals surface area contributed by atoms with Gasteiger partial charge in [-0.1, -0.05) is 0 Å². The van der Waals surface area contributed by atoms with Gasteiger partial charge in [-0.3, -0.25) is 14.3 Å². The Hall–Kier alpha value is -1.40. The monoisotopic (exact) mass is 212 g/mol. The summed E-state index contributed by atoms with van der Waals surface area (Å²) in [5.74, 6) is 0. The minimum absolute atomic E-state index is 0.0937. The van der Waals surface area contributed by atoms with Crippen molar-refractivity contribution >= 4 is 0 Å². The van der Waals surface area contributed by atoms with Gasteiger partial charge in [0.2, 0.25) is 0 Å². The molecule has 2 heterocycles. The van der Waals surface area contributed by atoms with Crippen molar-refractivity contribution in [2.24, 2.45) is 0 Å². The lowest BCUT2D eigenvalue weighted by molar-refractivity contribution is -0.0348. The average Bonchev–Trinajstić information content (AvgIpc) is 2.45. The van der Waals surface area contributed by atoms with Gasteiger partial charge in [0.1, 0.15) is 6.10 Å². The van der Waals surface area contributed by atoms with Crippen LogP contribution in [-0.4, -0.2) is 26.9 Å². The fraction of sp³-hybridized carbons (Fsp3) is 0.556. The van der Waals surface area contributed by atoms with Gasteiger partial charge >= 0.3 is 5.69 Å². The lowest BCUT2D eigenvalue weighted by Gasteiger charge is -2.16. The van der Waals surface area contributed by atoms with Gasteiger partial charge in [0.25, 0.3) is 5.56 Å². The van der Waals surface area contributed by atoms with E-state index in [1.54, 1.807) is 0 Å². The van der Waals surface area contributed by atoms with Crippen LogP contribution in [0.4, 0.5) is 0 Å². The van der Waals surface area contributed by atoms with Gasteiger partial charge in [-0.25, -0.2) is 4.79 Å². The Bertz CT molecular complexity index is 464. The number of nitrogens with one attached hydrogen (secondary N) is 1. The SMILES string of the molecule is C[C@@H]1C[C@@H](O)[C@H](n2ccc(=O)[nH]c2=O)O1. The lowest BCUT2D eigenvalue weighted by atomic mass is 10.2. The maximum Gasteiger partial charge on any atom is 0.330 e. The van der Waals surface area contributed by atoms with Crippen LogP contribution in [0.3, 0.4) is 0 Å². The van der Waals surface area contributed by atoms with Gasteiger partial charge in [-0.2, -0.15) is 0 Å². The maximum absolute atomic E-state index is 11.4. The number of H-pyrrole nitrogens is 1. The molecule has 0 amide bonds. The maximum atomic E-state index is 11.4. The van der Waals surface area contributed by atoms with E-state index in [4.69, 9.17) is 4.74 Å². The van der Waals surface area contributed by atoms with E-state index in [1.165, 1.54) is 16.8 Å². The van der Waals surface area contributed by atoms with Crippen molar-refractivity contribution in [2.45, 2.75) is 31.8 Å². The van der Waals surface area contributed by atoms with Crippen LogP contribution in [0.1, 0.15) is 19.6 Å². The summed E-state index contributed by atoms with van der Waals surface area (Å²) < 4.78 is 6.56. The first kappa shape index (κ1) is 10.1. The predicted molar refractivity (Wildman–Crippen MR) is 51.5 cm³/mol. The highest BCUT2D eigenvalue weighted by atomic mass is 16.5. The summed E-state index contributed by atoms with van der Waals surface area (Å²) in [6.07, 6.45) is 0.292. The zero-order chi connectivity index (χ0) is 11.0. The molecule has 2 rings (SSSR count). The van der Waals surface area contributed by atoms with Crippen LogP contribution in [0.25, 0.3) is 0 Å². The second kappa shape index (κ2) is 3.63. The quantitative estimate of drug-likeness (QED) is 0.638. The van der Waals surface area contributed by atoms with Crippen molar-refractivity contribution < 1.29 is 9.84 Å². The number of aliphatic hydroxyl groups excluding tert-OH is 1. The fourth-order valence-corrected chi connectivity index (χ4v) is 1.72. The standard InChI is InChI=1S/C9H12N2O4/c1-5-4-6(12)8(15-5)11-3-2-7(13)10-9(11)14/h2-3,5-6,8,12H,4H2,1H3,(H,10,13,14)/t5-,6-,8-/m1/s1. The molecule has 1 aliphatic heterocycles. The summed E-state index contributed by atoms with van der Waals surface area (Å²) >= 11 is 0. The zero-order valence-electron chi connectivity index (χ0n) is 8.21. The Morgan fingerprint density at radius 3 is 2.87 bits per heavy atom. The molecule has 0 aliphatic carbocycles. The van der Waals surface area contributed by atoms with E-state index in [9.17, 15) is 14.7 Å². The Morgan fingerprint density at radius 1 is 1.60 bits per heavy atom. The third-order valence-electron chi connectivity index (χ3n) is 2.40. The smallest absolute Gasteiger partial charge is 0.330 e. The summed E-state index contributed by atoms with van der Waals surface area (Å²) in [7, 11) is 0. The molecule has 2 N–H and O–H groups in total. The molecule has 0 radical (unpaired) electrons. The summed E-state index contributed by atoms with van der Waals surface area (Å²) in [5.41, 5.74) is -1.03. The Balaban J connectivity index is 2.38. The highest BCUT2D eigenvalue weighted by Gasteiger charge is 2.33. The number of hydrogen-bond acceptors (Lipinski definition) is 4. The van der Waals surface area contributed by atoms with Crippen LogP contribution in [-0.2, 0) is 4.74 Å². The van der Waals surface area contributed by atoms with E-state index < -0.39 is 23.6 Å². The lowest BCUT2D eigenvalue weighted by Crippen LogP contribution is -2.34. The molecule has 6 heteroatoms. The number of hydrogen-bond donors (Lipinski definition) is 2. The molecule has 0 spiro atoms. The molecular formula is C9H12N2O4. The first-order valence-corrected chi connectivity index (χ1v) is 4.73. The largest absolute Gasteiger partial charge is 0.388 e. The average molecular weight is 212 g/mol. The van der Waals surface area contributed by atoms with Crippen molar-refractivity contribution in [3.8, 4) is 0 Å². The molecule has 0 saturated carbocycles. The molecule has 0 bridgehead atoms. The molecule has 1 fully saturated rings. The molecule has 1 aromatic heterocycles. The van der Waals surface area contributed by atoms with Crippen LogP contribution in [0.5, 0.6) is 0 Å². The summed E-state index contributed by atoms with van der Waals surface area (Å²) in [4.78, 5) is 24.3. The van der Waals surface area contributed by atoms with Gasteiger partial charge in [0, 0.05) is 18.7 Å². The zero-order valence-corrected chi connectivity index (χ0v) is 8.21. The van der Waals surface area contributed by atoms with Gasteiger partial charge < -0.3 is 9.84 Å². The Morgan fingerprint density at radius 2 is 2.33 bits per heavy atom. The predicted octanol–water partition coefficient (Wildman–Crippen LogP) is -0.795. The van der Waals surface area contributed by atoms with Crippen LogP contribution < -0.4 is 11.2 Å². The van der Waals surface area contributed by atoms with Crippen molar-refractivity contribution in [1.82, 2.24) is 9.55 Å². The molecule has 1 saturated heterocycles. The highest BCUT2D eigenvalue weighted by Crippen LogP contribution is 2.26. The van der Waals surface area contributed by atoms with Crippen molar-refractivity contribution in [1.29, 1.82) is 0 Å². The van der Waals surface area contributed by atoms with E-state index in [-0.39, 0.29) is 6.10 Å². The third-order valence-corrected chi connectivity index (χ3v) is 2.40. The number of ether oxygens (including phenoxy) is 1. The molecule has 1 aromatic rings. The number of aromatic amines is 1. The van der Waals surface area contributed by atoms with Crippen molar-refractivity contribution in [2.75, 3.05) is 0 Å². The second-order valence-electron chi connectivity index (χ2n) is 3.66. The summed E-state index contributed by atoms with van der Waals surface area (Å²) in [6, 6.07) is 1.22. The van der Waals surface area contributed by atoms with E-state index in [2.05, 4.69) is 4.98 Å². The summed E-state index contributed by atoms with van der Waals surface area (Å²) in [6.45, 7) is 1.82. The first-order chi connectivity index (χ1) is 7.08. The third kappa shape index (κ3) is 1.86. The topological polar surface area (TPSA) is 84.3 Å². The van der Waals surface area contributed by atoms with Crippen LogP contribution in [0.2, 0.25) is 0 Å². The van der Waals surface area contributed by atoms with Gasteiger partial charge in [0.05, 0.1) is 6.10 Å². The normalized spacial score (nSPS) is 30.7.